The van der Waals surface area contributed by atoms with Gasteiger partial charge in [0.25, 0.3) is 0 Å². The maximum Gasteiger partial charge on any atom is 0.325 e. The minimum atomic E-state index is -0.297. The van der Waals surface area contributed by atoms with Crippen molar-refractivity contribution >= 4 is 39.2 Å². The maximum atomic E-state index is 11.3. The van der Waals surface area contributed by atoms with E-state index < -0.39 is 0 Å². The molecule has 1 rings (SSSR count). The average Bonchev–Trinajstić information content (AvgIpc) is 2.15. The number of anilines is 1. The first-order chi connectivity index (χ1) is 7.49. The van der Waals surface area contributed by atoms with Crippen LogP contribution >= 0.6 is 27.5 Å². The maximum absolute atomic E-state index is 11.3. The molecule has 1 N–H and O–H groups in total. The molecule has 0 aromatic heterocycles. The lowest BCUT2D eigenvalue weighted by Crippen LogP contribution is -2.20. The largest absolute Gasteiger partial charge is 0.462 e. The lowest BCUT2D eigenvalue weighted by molar-refractivity contribution is -0.145. The molecule has 3 nitrogen and oxygen atoms in total. The minimum absolute atomic E-state index is 0.102. The Morgan fingerprint density at radius 1 is 1.56 bits per heavy atom. The van der Waals surface area contributed by atoms with E-state index in [0.29, 0.717) is 10.7 Å². The molecule has 0 aliphatic heterocycles. The quantitative estimate of drug-likeness (QED) is 0.866. The van der Waals surface area contributed by atoms with Crippen LogP contribution in [0.1, 0.15) is 13.8 Å². The van der Waals surface area contributed by atoms with Crippen molar-refractivity contribution in [3.63, 3.8) is 0 Å². The van der Waals surface area contributed by atoms with Crippen LogP contribution in [0.5, 0.6) is 0 Å². The summed E-state index contributed by atoms with van der Waals surface area (Å²) in [5.41, 5.74) is 0.713. The molecule has 0 heterocycles. The second-order valence-corrected chi connectivity index (χ2v) is 4.84. The monoisotopic (exact) mass is 305 g/mol. The van der Waals surface area contributed by atoms with E-state index in [-0.39, 0.29) is 18.6 Å². The van der Waals surface area contributed by atoms with E-state index in [1.54, 1.807) is 12.1 Å². The minimum Gasteiger partial charge on any atom is -0.462 e. The average molecular weight is 307 g/mol. The molecule has 0 saturated heterocycles. The Labute approximate surface area is 108 Å². The second kappa shape index (κ2) is 6.11. The van der Waals surface area contributed by atoms with Crippen LogP contribution in [0.3, 0.4) is 0 Å². The third-order valence-corrected chi connectivity index (χ3v) is 2.53. The SMILES string of the molecule is CC(C)OC(=O)CNc1ccc(Br)cc1Cl. The standard InChI is InChI=1S/C11H13BrClNO2/c1-7(2)16-11(15)6-14-10-4-3-8(12)5-9(10)13/h3-5,7,14H,6H2,1-2H3. The summed E-state index contributed by atoms with van der Waals surface area (Å²) in [6.07, 6.45) is -0.102. The van der Waals surface area contributed by atoms with Gasteiger partial charge < -0.3 is 10.1 Å². The smallest absolute Gasteiger partial charge is 0.325 e. The van der Waals surface area contributed by atoms with Gasteiger partial charge >= 0.3 is 5.97 Å². The van der Waals surface area contributed by atoms with Crippen molar-refractivity contribution in [1.82, 2.24) is 0 Å². The highest BCUT2D eigenvalue weighted by Gasteiger charge is 2.06. The van der Waals surface area contributed by atoms with E-state index in [4.69, 9.17) is 16.3 Å². The van der Waals surface area contributed by atoms with Gasteiger partial charge in [0.15, 0.2) is 0 Å². The van der Waals surface area contributed by atoms with Gasteiger partial charge in [-0.1, -0.05) is 27.5 Å². The third-order valence-electron chi connectivity index (χ3n) is 1.72. The van der Waals surface area contributed by atoms with Gasteiger partial charge in [0.2, 0.25) is 0 Å². The number of halogens is 2. The Morgan fingerprint density at radius 3 is 2.81 bits per heavy atom. The van der Waals surface area contributed by atoms with Crippen molar-refractivity contribution < 1.29 is 9.53 Å². The zero-order chi connectivity index (χ0) is 12.1. The summed E-state index contributed by atoms with van der Waals surface area (Å²) < 4.78 is 5.88. The number of ether oxygens (including phenoxy) is 1. The molecule has 0 aliphatic carbocycles. The van der Waals surface area contributed by atoms with Gasteiger partial charge in [-0.15, -0.1) is 0 Å². The number of hydrogen-bond donors (Lipinski definition) is 1. The molecule has 16 heavy (non-hydrogen) atoms. The predicted molar refractivity (Wildman–Crippen MR) is 68.9 cm³/mol. The van der Waals surface area contributed by atoms with Crippen molar-refractivity contribution in [2.45, 2.75) is 20.0 Å². The van der Waals surface area contributed by atoms with Gasteiger partial charge in [-0.05, 0) is 32.0 Å². The highest BCUT2D eigenvalue weighted by Crippen LogP contribution is 2.25. The van der Waals surface area contributed by atoms with E-state index >= 15 is 0 Å². The molecule has 0 fully saturated rings. The van der Waals surface area contributed by atoms with Crippen molar-refractivity contribution in [3.05, 3.63) is 27.7 Å². The zero-order valence-electron chi connectivity index (χ0n) is 9.09. The Morgan fingerprint density at radius 2 is 2.25 bits per heavy atom. The first-order valence-electron chi connectivity index (χ1n) is 4.87. The molecule has 0 radical (unpaired) electrons. The molecule has 5 heteroatoms. The molecule has 0 aliphatic rings. The van der Waals surface area contributed by atoms with Crippen LogP contribution in [-0.2, 0) is 9.53 Å². The second-order valence-electron chi connectivity index (χ2n) is 3.52. The summed E-state index contributed by atoms with van der Waals surface area (Å²) in [5, 5.41) is 3.48. The molecule has 0 spiro atoms. The fourth-order valence-corrected chi connectivity index (χ4v) is 1.85. The van der Waals surface area contributed by atoms with E-state index in [1.165, 1.54) is 0 Å². The molecule has 1 aromatic carbocycles. The van der Waals surface area contributed by atoms with Crippen molar-refractivity contribution in [2.24, 2.45) is 0 Å². The summed E-state index contributed by atoms with van der Waals surface area (Å²) in [6, 6.07) is 5.41. The van der Waals surface area contributed by atoms with Crippen LogP contribution in [0.2, 0.25) is 5.02 Å². The molecule has 1 aromatic rings. The van der Waals surface area contributed by atoms with Gasteiger partial charge in [0.1, 0.15) is 6.54 Å². The van der Waals surface area contributed by atoms with E-state index in [9.17, 15) is 4.79 Å². The summed E-state index contributed by atoms with van der Waals surface area (Å²) in [7, 11) is 0. The van der Waals surface area contributed by atoms with Gasteiger partial charge in [-0.3, -0.25) is 4.79 Å². The number of rotatable bonds is 4. The van der Waals surface area contributed by atoms with Gasteiger partial charge in [0.05, 0.1) is 16.8 Å². The van der Waals surface area contributed by atoms with E-state index in [1.807, 2.05) is 19.9 Å². The normalized spacial score (nSPS) is 10.3. The number of benzene rings is 1. The Bertz CT molecular complexity index is 382. The number of nitrogens with one attached hydrogen (secondary N) is 1. The summed E-state index contributed by atoms with van der Waals surface area (Å²) in [4.78, 5) is 11.3. The lowest BCUT2D eigenvalue weighted by atomic mass is 10.3. The number of carbonyl (C=O) groups is 1. The molecule has 0 amide bonds. The van der Waals surface area contributed by atoms with Crippen LogP contribution in [0.15, 0.2) is 22.7 Å². The molecule has 0 unspecified atom stereocenters. The molecule has 88 valence electrons. The first-order valence-corrected chi connectivity index (χ1v) is 6.04. The number of carbonyl (C=O) groups excluding carboxylic acids is 1. The molecular weight excluding hydrogens is 293 g/mol. The molecule has 0 bridgehead atoms. The van der Waals surface area contributed by atoms with Crippen LogP contribution in [0, 0.1) is 0 Å². The van der Waals surface area contributed by atoms with Crippen LogP contribution in [0.25, 0.3) is 0 Å². The highest BCUT2D eigenvalue weighted by molar-refractivity contribution is 9.10. The summed E-state index contributed by atoms with van der Waals surface area (Å²) in [6.45, 7) is 3.73. The predicted octanol–water partition coefficient (Wildman–Crippen LogP) is 3.47. The Hall–Kier alpha value is -0.740. The fourth-order valence-electron chi connectivity index (χ4n) is 1.10. The van der Waals surface area contributed by atoms with Gasteiger partial charge in [-0.2, -0.15) is 0 Å². The van der Waals surface area contributed by atoms with Gasteiger partial charge in [-0.25, -0.2) is 0 Å². The zero-order valence-corrected chi connectivity index (χ0v) is 11.4. The Balaban J connectivity index is 2.51. The molecule has 0 atom stereocenters. The first kappa shape index (κ1) is 13.3. The topological polar surface area (TPSA) is 38.3 Å². The van der Waals surface area contributed by atoms with Crippen LogP contribution < -0.4 is 5.32 Å². The summed E-state index contributed by atoms with van der Waals surface area (Å²) in [5.74, 6) is -0.297. The number of hydrogen-bond acceptors (Lipinski definition) is 3. The van der Waals surface area contributed by atoms with Crippen molar-refractivity contribution in [3.8, 4) is 0 Å². The van der Waals surface area contributed by atoms with Crippen molar-refractivity contribution in [1.29, 1.82) is 0 Å². The van der Waals surface area contributed by atoms with Crippen molar-refractivity contribution in [2.75, 3.05) is 11.9 Å². The van der Waals surface area contributed by atoms with E-state index in [0.717, 1.165) is 4.47 Å². The van der Waals surface area contributed by atoms with Crippen LogP contribution in [-0.4, -0.2) is 18.6 Å². The molecule has 0 saturated carbocycles. The lowest BCUT2D eigenvalue weighted by Gasteiger charge is -2.10. The summed E-state index contributed by atoms with van der Waals surface area (Å²) >= 11 is 9.28. The fraction of sp³-hybridized carbons (Fsp3) is 0.364. The van der Waals surface area contributed by atoms with Crippen LogP contribution in [0.4, 0.5) is 5.69 Å². The third kappa shape index (κ3) is 4.41. The number of esters is 1. The Kier molecular flexibility index (Phi) is 5.09. The highest BCUT2D eigenvalue weighted by atomic mass is 79.9. The molecular formula is C11H13BrClNO2. The van der Waals surface area contributed by atoms with Gasteiger partial charge in [0, 0.05) is 4.47 Å². The van der Waals surface area contributed by atoms with E-state index in [2.05, 4.69) is 21.2 Å².